The van der Waals surface area contributed by atoms with Crippen molar-refractivity contribution in [2.75, 3.05) is 0 Å². The molecule has 0 saturated carbocycles. The number of nitrogens with zero attached hydrogens (tertiary/aromatic N) is 1. The molecule has 1 aromatic carbocycles. The van der Waals surface area contributed by atoms with Gasteiger partial charge in [-0.15, -0.1) is 0 Å². The van der Waals surface area contributed by atoms with Crippen LogP contribution in [0, 0.1) is 10.1 Å². The number of nitrogens with one attached hydrogen (secondary N) is 1. The zero-order chi connectivity index (χ0) is 14.3. The quantitative estimate of drug-likeness (QED) is 0.405. The van der Waals surface area contributed by atoms with E-state index in [4.69, 9.17) is 11.5 Å². The SMILES string of the molecule is N/C=C\C=C(/N)NC(=O)Cc1cccc([N+](=O)[O-])c1. The highest BCUT2D eigenvalue weighted by Crippen LogP contribution is 2.13. The van der Waals surface area contributed by atoms with E-state index < -0.39 is 4.92 Å². The largest absolute Gasteiger partial charge is 0.405 e. The summed E-state index contributed by atoms with van der Waals surface area (Å²) >= 11 is 0. The number of hydrogen-bond donors (Lipinski definition) is 3. The van der Waals surface area contributed by atoms with Crippen molar-refractivity contribution in [2.45, 2.75) is 6.42 Å². The second kappa shape index (κ2) is 6.80. The topological polar surface area (TPSA) is 124 Å². The van der Waals surface area contributed by atoms with Gasteiger partial charge in [0.25, 0.3) is 5.69 Å². The smallest absolute Gasteiger partial charge is 0.269 e. The lowest BCUT2D eigenvalue weighted by molar-refractivity contribution is -0.384. The Bertz CT molecular complexity index is 538. The first-order chi connectivity index (χ1) is 9.02. The third-order valence-electron chi connectivity index (χ3n) is 2.16. The molecule has 1 aromatic rings. The molecule has 0 aliphatic rings. The highest BCUT2D eigenvalue weighted by molar-refractivity contribution is 5.80. The molecule has 0 unspecified atom stereocenters. The molecule has 7 heteroatoms. The van der Waals surface area contributed by atoms with E-state index in [0.717, 1.165) is 0 Å². The summed E-state index contributed by atoms with van der Waals surface area (Å²) in [7, 11) is 0. The van der Waals surface area contributed by atoms with Crippen molar-refractivity contribution in [3.05, 3.63) is 64.1 Å². The summed E-state index contributed by atoms with van der Waals surface area (Å²) in [6.07, 6.45) is 4.19. The van der Waals surface area contributed by atoms with Gasteiger partial charge in [-0.25, -0.2) is 0 Å². The van der Waals surface area contributed by atoms with Crippen LogP contribution in [0.2, 0.25) is 0 Å². The van der Waals surface area contributed by atoms with Crippen LogP contribution in [-0.4, -0.2) is 10.8 Å². The summed E-state index contributed by atoms with van der Waals surface area (Å²) in [4.78, 5) is 21.7. The fraction of sp³-hybridized carbons (Fsp3) is 0.0833. The number of benzene rings is 1. The number of allylic oxidation sites excluding steroid dienone is 2. The lowest BCUT2D eigenvalue weighted by atomic mass is 10.1. The number of nitro benzene ring substituents is 1. The molecule has 0 radical (unpaired) electrons. The summed E-state index contributed by atoms with van der Waals surface area (Å²) in [6, 6.07) is 5.87. The van der Waals surface area contributed by atoms with Gasteiger partial charge >= 0.3 is 0 Å². The second-order valence-corrected chi connectivity index (χ2v) is 3.66. The lowest BCUT2D eigenvalue weighted by Gasteiger charge is -2.04. The molecule has 0 aliphatic carbocycles. The normalized spacial score (nSPS) is 11.5. The summed E-state index contributed by atoms with van der Waals surface area (Å²) in [5.41, 5.74) is 11.1. The van der Waals surface area contributed by atoms with Crippen LogP contribution in [0.5, 0.6) is 0 Å². The number of nitro groups is 1. The molecular weight excluding hydrogens is 248 g/mol. The molecule has 7 nitrogen and oxygen atoms in total. The molecule has 100 valence electrons. The van der Waals surface area contributed by atoms with Gasteiger partial charge in [0.1, 0.15) is 5.82 Å². The minimum Gasteiger partial charge on any atom is -0.405 e. The fourth-order valence-corrected chi connectivity index (χ4v) is 1.37. The Morgan fingerprint density at radius 3 is 2.84 bits per heavy atom. The molecule has 0 heterocycles. The molecule has 0 aromatic heterocycles. The molecule has 0 saturated heterocycles. The van der Waals surface area contributed by atoms with Gasteiger partial charge in [-0.2, -0.15) is 0 Å². The average molecular weight is 262 g/mol. The summed E-state index contributed by atoms with van der Waals surface area (Å²) in [5, 5.41) is 13.0. The number of carbonyl (C=O) groups is 1. The third-order valence-corrected chi connectivity index (χ3v) is 2.16. The molecule has 5 N–H and O–H groups in total. The zero-order valence-corrected chi connectivity index (χ0v) is 10.1. The van der Waals surface area contributed by atoms with Crippen LogP contribution in [0.15, 0.2) is 48.4 Å². The Morgan fingerprint density at radius 1 is 1.47 bits per heavy atom. The van der Waals surface area contributed by atoms with Crippen molar-refractivity contribution in [1.82, 2.24) is 5.32 Å². The van der Waals surface area contributed by atoms with Gasteiger partial charge in [-0.3, -0.25) is 14.9 Å². The average Bonchev–Trinajstić information content (AvgIpc) is 2.36. The van der Waals surface area contributed by atoms with Crippen molar-refractivity contribution in [3.63, 3.8) is 0 Å². The predicted molar refractivity (Wildman–Crippen MR) is 70.5 cm³/mol. The van der Waals surface area contributed by atoms with E-state index in [1.54, 1.807) is 6.07 Å². The van der Waals surface area contributed by atoms with Crippen LogP contribution < -0.4 is 16.8 Å². The van der Waals surface area contributed by atoms with E-state index >= 15 is 0 Å². The minimum atomic E-state index is -0.512. The maximum Gasteiger partial charge on any atom is 0.269 e. The Balaban J connectivity index is 2.67. The van der Waals surface area contributed by atoms with Crippen LogP contribution in [0.4, 0.5) is 5.69 Å². The zero-order valence-electron chi connectivity index (χ0n) is 10.1. The standard InChI is InChI=1S/C12H14N4O3/c13-6-2-5-11(14)15-12(17)8-9-3-1-4-10(7-9)16(18)19/h1-7H,8,13-14H2,(H,15,17)/b6-2-,11-5+. The molecular formula is C12H14N4O3. The third kappa shape index (κ3) is 4.90. The first-order valence-electron chi connectivity index (χ1n) is 5.40. The summed E-state index contributed by atoms with van der Waals surface area (Å²) < 4.78 is 0. The molecule has 0 atom stereocenters. The Kier molecular flexibility index (Phi) is 5.09. The van der Waals surface area contributed by atoms with Crippen LogP contribution >= 0.6 is 0 Å². The first-order valence-corrected chi connectivity index (χ1v) is 5.40. The van der Waals surface area contributed by atoms with Crippen molar-refractivity contribution in [1.29, 1.82) is 0 Å². The van der Waals surface area contributed by atoms with E-state index in [0.29, 0.717) is 5.56 Å². The molecule has 0 spiro atoms. The molecule has 0 bridgehead atoms. The van der Waals surface area contributed by atoms with E-state index in [1.807, 2.05) is 0 Å². The van der Waals surface area contributed by atoms with Crippen molar-refractivity contribution in [2.24, 2.45) is 11.5 Å². The second-order valence-electron chi connectivity index (χ2n) is 3.66. The van der Waals surface area contributed by atoms with E-state index in [2.05, 4.69) is 5.32 Å². The van der Waals surface area contributed by atoms with E-state index in [9.17, 15) is 14.9 Å². The number of carbonyl (C=O) groups excluding carboxylic acids is 1. The monoisotopic (exact) mass is 262 g/mol. The number of amides is 1. The Labute approximate surface area is 109 Å². The number of non-ortho nitro benzene ring substituents is 1. The van der Waals surface area contributed by atoms with Gasteiger partial charge in [0, 0.05) is 12.1 Å². The van der Waals surface area contributed by atoms with Crippen LogP contribution in [0.25, 0.3) is 0 Å². The highest BCUT2D eigenvalue weighted by atomic mass is 16.6. The first kappa shape index (κ1) is 14.2. The number of hydrogen-bond acceptors (Lipinski definition) is 5. The molecule has 0 fully saturated rings. The van der Waals surface area contributed by atoms with Gasteiger partial charge in [0.05, 0.1) is 11.3 Å². The van der Waals surface area contributed by atoms with Crippen molar-refractivity contribution in [3.8, 4) is 0 Å². The van der Waals surface area contributed by atoms with Crippen LogP contribution in [-0.2, 0) is 11.2 Å². The summed E-state index contributed by atoms with van der Waals surface area (Å²) in [6.45, 7) is 0. The van der Waals surface area contributed by atoms with Gasteiger partial charge in [0.2, 0.25) is 5.91 Å². The predicted octanol–water partition coefficient (Wildman–Crippen LogP) is 0.526. The Morgan fingerprint density at radius 2 is 2.21 bits per heavy atom. The van der Waals surface area contributed by atoms with Gasteiger partial charge in [0.15, 0.2) is 0 Å². The summed E-state index contributed by atoms with van der Waals surface area (Å²) in [5.74, 6) is -0.211. The number of rotatable bonds is 5. The van der Waals surface area contributed by atoms with Gasteiger partial charge in [-0.05, 0) is 23.9 Å². The minimum absolute atomic E-state index is 0.00254. The molecule has 1 rings (SSSR count). The maximum atomic E-state index is 11.6. The molecule has 1 amide bonds. The van der Waals surface area contributed by atoms with Gasteiger partial charge in [-0.1, -0.05) is 12.1 Å². The fourth-order valence-electron chi connectivity index (χ4n) is 1.37. The lowest BCUT2D eigenvalue weighted by Crippen LogP contribution is -2.28. The van der Waals surface area contributed by atoms with Crippen LogP contribution in [0.3, 0.4) is 0 Å². The Hall–Kier alpha value is -2.83. The molecule has 19 heavy (non-hydrogen) atoms. The van der Waals surface area contributed by atoms with Crippen molar-refractivity contribution >= 4 is 11.6 Å². The molecule has 0 aliphatic heterocycles. The highest BCUT2D eigenvalue weighted by Gasteiger charge is 2.09. The van der Waals surface area contributed by atoms with Crippen LogP contribution in [0.1, 0.15) is 5.56 Å². The van der Waals surface area contributed by atoms with Gasteiger partial charge < -0.3 is 16.8 Å². The van der Waals surface area contributed by atoms with E-state index in [-0.39, 0.29) is 23.8 Å². The van der Waals surface area contributed by atoms with E-state index in [1.165, 1.54) is 36.6 Å². The van der Waals surface area contributed by atoms with Crippen molar-refractivity contribution < 1.29 is 9.72 Å². The number of nitrogens with two attached hydrogens (primary N) is 2. The maximum absolute atomic E-state index is 11.6.